The summed E-state index contributed by atoms with van der Waals surface area (Å²) in [5.74, 6) is -1.35. The van der Waals surface area contributed by atoms with Gasteiger partial charge in [0.25, 0.3) is 0 Å². The van der Waals surface area contributed by atoms with Crippen molar-refractivity contribution < 1.29 is 34.0 Å². The first kappa shape index (κ1) is 11.2. The number of esters is 1. The van der Waals surface area contributed by atoms with Crippen molar-refractivity contribution in [2.75, 3.05) is 0 Å². The van der Waals surface area contributed by atoms with E-state index < -0.39 is 24.2 Å². The van der Waals surface area contributed by atoms with E-state index in [1.807, 2.05) is 0 Å². The van der Waals surface area contributed by atoms with Gasteiger partial charge < -0.3 is 9.84 Å². The fraction of sp³-hybridized carbons (Fsp3) is 0.500. The van der Waals surface area contributed by atoms with Crippen LogP contribution in [0.4, 0.5) is 9.59 Å². The monoisotopic (exact) mass is 192 g/mol. The molecule has 0 bridgehead atoms. The van der Waals surface area contributed by atoms with Gasteiger partial charge in [-0.1, -0.05) is 13.8 Å². The third-order valence-corrected chi connectivity index (χ3v) is 0.836. The standard InChI is InChI=1S/C6H8O7/c1-3(2)4(7)11-6(10)13-12-5(8)9/h3H,1-2H3,(H,8,9). The van der Waals surface area contributed by atoms with Crippen LogP contribution in [0.15, 0.2) is 0 Å². The van der Waals surface area contributed by atoms with E-state index in [4.69, 9.17) is 5.11 Å². The topological polar surface area (TPSA) is 99.1 Å². The smallest absolute Gasteiger partial charge is 0.447 e. The van der Waals surface area contributed by atoms with Crippen LogP contribution in [0.25, 0.3) is 0 Å². The highest BCUT2D eigenvalue weighted by Crippen LogP contribution is 1.97. The molecule has 74 valence electrons. The molecule has 0 radical (unpaired) electrons. The van der Waals surface area contributed by atoms with Gasteiger partial charge in [0, 0.05) is 0 Å². The third-order valence-electron chi connectivity index (χ3n) is 0.836. The number of hydrogen-bond acceptors (Lipinski definition) is 6. The van der Waals surface area contributed by atoms with Crippen LogP contribution in [0.3, 0.4) is 0 Å². The SMILES string of the molecule is CC(C)C(=O)OC(=O)OOC(=O)O. The Morgan fingerprint density at radius 2 is 1.69 bits per heavy atom. The molecule has 7 heteroatoms. The average molecular weight is 192 g/mol. The first-order valence-electron chi connectivity index (χ1n) is 3.26. The van der Waals surface area contributed by atoms with Gasteiger partial charge in [-0.2, -0.15) is 9.68 Å². The van der Waals surface area contributed by atoms with Crippen molar-refractivity contribution in [3.8, 4) is 0 Å². The molecular weight excluding hydrogens is 184 g/mol. The third kappa shape index (κ3) is 5.48. The van der Waals surface area contributed by atoms with Gasteiger partial charge in [-0.3, -0.25) is 4.79 Å². The lowest BCUT2D eigenvalue weighted by Gasteiger charge is -2.02. The normalized spacial score (nSPS) is 9.15. The maximum atomic E-state index is 10.7. The Morgan fingerprint density at radius 1 is 1.15 bits per heavy atom. The maximum absolute atomic E-state index is 10.7. The molecule has 0 rings (SSSR count). The molecule has 0 aromatic rings. The van der Waals surface area contributed by atoms with Gasteiger partial charge in [0.2, 0.25) is 0 Å². The van der Waals surface area contributed by atoms with Crippen LogP contribution in [0.1, 0.15) is 13.8 Å². The summed E-state index contributed by atoms with van der Waals surface area (Å²) in [7, 11) is 0. The Morgan fingerprint density at radius 3 is 2.08 bits per heavy atom. The molecule has 0 saturated heterocycles. The Hall–Kier alpha value is -1.79. The van der Waals surface area contributed by atoms with Crippen LogP contribution < -0.4 is 0 Å². The zero-order valence-corrected chi connectivity index (χ0v) is 6.97. The summed E-state index contributed by atoms with van der Waals surface area (Å²) in [6.45, 7) is 2.99. The fourth-order valence-corrected chi connectivity index (χ4v) is 0.287. The number of hydrogen-bond donors (Lipinski definition) is 1. The second-order valence-corrected chi connectivity index (χ2v) is 2.26. The first-order valence-corrected chi connectivity index (χ1v) is 3.26. The van der Waals surface area contributed by atoms with Crippen molar-refractivity contribution in [2.45, 2.75) is 13.8 Å². The van der Waals surface area contributed by atoms with E-state index in [1.165, 1.54) is 13.8 Å². The van der Waals surface area contributed by atoms with Crippen LogP contribution >= 0.6 is 0 Å². The molecule has 0 unspecified atom stereocenters. The number of carbonyl (C=O) groups is 3. The summed E-state index contributed by atoms with van der Waals surface area (Å²) < 4.78 is 3.97. The van der Waals surface area contributed by atoms with E-state index in [9.17, 15) is 14.4 Å². The van der Waals surface area contributed by atoms with E-state index in [0.29, 0.717) is 0 Å². The molecule has 0 spiro atoms. The molecule has 7 nitrogen and oxygen atoms in total. The molecule has 0 fully saturated rings. The predicted octanol–water partition coefficient (Wildman–Crippen LogP) is 0.932. The van der Waals surface area contributed by atoms with Gasteiger partial charge in [-0.15, -0.1) is 0 Å². The molecule has 0 atom stereocenters. The summed E-state index contributed by atoms with van der Waals surface area (Å²) in [5.41, 5.74) is 0. The Bertz CT molecular complexity index is 219. The van der Waals surface area contributed by atoms with E-state index in [0.717, 1.165) is 0 Å². The highest BCUT2D eigenvalue weighted by molar-refractivity contribution is 5.82. The predicted molar refractivity (Wildman–Crippen MR) is 36.5 cm³/mol. The summed E-state index contributed by atoms with van der Waals surface area (Å²) in [6.07, 6.45) is -3.32. The van der Waals surface area contributed by atoms with E-state index in [2.05, 4.69) is 14.5 Å². The molecule has 1 N–H and O–H groups in total. The highest BCUT2D eigenvalue weighted by Gasteiger charge is 2.17. The summed E-state index contributed by atoms with van der Waals surface area (Å²) in [6, 6.07) is 0. The van der Waals surface area contributed by atoms with Gasteiger partial charge in [0.05, 0.1) is 5.92 Å². The lowest BCUT2D eigenvalue weighted by molar-refractivity contribution is -0.214. The van der Waals surface area contributed by atoms with Crippen LogP contribution in [0, 0.1) is 5.92 Å². The molecule has 13 heavy (non-hydrogen) atoms. The van der Waals surface area contributed by atoms with Crippen molar-refractivity contribution in [3.05, 3.63) is 0 Å². The quantitative estimate of drug-likeness (QED) is 0.285. The Balaban J connectivity index is 3.75. The summed E-state index contributed by atoms with van der Waals surface area (Å²) in [4.78, 5) is 37.7. The second kappa shape index (κ2) is 4.96. The Kier molecular flexibility index (Phi) is 4.28. The summed E-state index contributed by atoms with van der Waals surface area (Å²) >= 11 is 0. The Labute approximate surface area is 73.1 Å². The van der Waals surface area contributed by atoms with Crippen molar-refractivity contribution in [2.24, 2.45) is 5.92 Å². The summed E-state index contributed by atoms with van der Waals surface area (Å²) in [5, 5.41) is 7.87. The van der Waals surface area contributed by atoms with Crippen molar-refractivity contribution >= 4 is 18.3 Å². The molecule has 0 amide bonds. The van der Waals surface area contributed by atoms with Gasteiger partial charge in [0.1, 0.15) is 0 Å². The van der Waals surface area contributed by atoms with Crippen LogP contribution in [0.2, 0.25) is 0 Å². The molecule has 0 heterocycles. The fourth-order valence-electron chi connectivity index (χ4n) is 0.287. The van der Waals surface area contributed by atoms with Gasteiger partial charge in [-0.25, -0.2) is 9.68 Å². The van der Waals surface area contributed by atoms with Gasteiger partial charge in [0.15, 0.2) is 0 Å². The van der Waals surface area contributed by atoms with Gasteiger partial charge >= 0.3 is 18.3 Å². The van der Waals surface area contributed by atoms with Crippen LogP contribution in [0.5, 0.6) is 0 Å². The van der Waals surface area contributed by atoms with Crippen LogP contribution in [-0.2, 0) is 19.3 Å². The number of ether oxygens (including phenoxy) is 1. The zero-order valence-electron chi connectivity index (χ0n) is 6.97. The maximum Gasteiger partial charge on any atom is 0.558 e. The molecule has 0 aromatic heterocycles. The van der Waals surface area contributed by atoms with Gasteiger partial charge in [-0.05, 0) is 0 Å². The molecule has 0 aromatic carbocycles. The minimum Gasteiger partial charge on any atom is -0.447 e. The minimum atomic E-state index is -1.81. The lowest BCUT2D eigenvalue weighted by atomic mass is 10.2. The van der Waals surface area contributed by atoms with E-state index in [1.54, 1.807) is 0 Å². The van der Waals surface area contributed by atoms with Crippen molar-refractivity contribution in [1.29, 1.82) is 0 Å². The molecule has 0 aliphatic carbocycles. The first-order chi connectivity index (χ1) is 5.93. The highest BCUT2D eigenvalue weighted by atomic mass is 17.3. The second-order valence-electron chi connectivity index (χ2n) is 2.26. The largest absolute Gasteiger partial charge is 0.558 e. The number of carboxylic acid groups (broad SMARTS) is 1. The van der Waals surface area contributed by atoms with E-state index in [-0.39, 0.29) is 0 Å². The molecule has 0 saturated carbocycles. The average Bonchev–Trinajstić information content (AvgIpc) is 2.00. The van der Waals surface area contributed by atoms with Crippen LogP contribution in [-0.4, -0.2) is 23.4 Å². The number of rotatable bonds is 1. The van der Waals surface area contributed by atoms with E-state index >= 15 is 0 Å². The molecular formula is C6H8O7. The number of carbonyl (C=O) groups excluding carboxylic acids is 2. The minimum absolute atomic E-state index is 0.516. The molecule has 0 aliphatic heterocycles. The lowest BCUT2D eigenvalue weighted by Crippen LogP contribution is -2.19. The van der Waals surface area contributed by atoms with Crippen molar-refractivity contribution in [3.63, 3.8) is 0 Å². The molecule has 0 aliphatic rings. The zero-order chi connectivity index (χ0) is 10.4. The van der Waals surface area contributed by atoms with Crippen molar-refractivity contribution in [1.82, 2.24) is 0 Å².